The Morgan fingerprint density at radius 1 is 1.30 bits per heavy atom. The Morgan fingerprint density at radius 2 is 2.10 bits per heavy atom. The van der Waals surface area contributed by atoms with Gasteiger partial charge in [0.2, 0.25) is 0 Å². The molecule has 1 aliphatic heterocycles. The minimum atomic E-state index is -0.860. The van der Waals surface area contributed by atoms with Gasteiger partial charge in [0.05, 0.1) is 5.56 Å². The molecule has 104 valence electrons. The molecule has 2 heterocycles. The zero-order valence-corrected chi connectivity index (χ0v) is 11.4. The van der Waals surface area contributed by atoms with E-state index in [0.717, 1.165) is 31.6 Å². The fourth-order valence-electron chi connectivity index (χ4n) is 2.68. The summed E-state index contributed by atoms with van der Waals surface area (Å²) in [6.45, 7) is 2.68. The molecule has 1 N–H and O–H groups in total. The zero-order chi connectivity index (χ0) is 14.1. The van der Waals surface area contributed by atoms with Gasteiger partial charge in [-0.1, -0.05) is 6.07 Å². The molecule has 3 rings (SSSR count). The van der Waals surface area contributed by atoms with Gasteiger partial charge < -0.3 is 5.11 Å². The van der Waals surface area contributed by atoms with Crippen molar-refractivity contribution in [3.63, 3.8) is 0 Å². The van der Waals surface area contributed by atoms with Gasteiger partial charge in [-0.25, -0.2) is 4.79 Å². The number of benzene rings is 1. The molecular formula is C15H17N3O2. The minimum absolute atomic E-state index is 0.372. The maximum atomic E-state index is 11.0. The van der Waals surface area contributed by atoms with Crippen molar-refractivity contribution in [2.45, 2.75) is 19.5 Å². The predicted molar refractivity (Wildman–Crippen MR) is 74.4 cm³/mol. The molecule has 0 spiro atoms. The van der Waals surface area contributed by atoms with Gasteiger partial charge in [0.25, 0.3) is 0 Å². The lowest BCUT2D eigenvalue weighted by Gasteiger charge is -2.14. The van der Waals surface area contributed by atoms with Crippen molar-refractivity contribution < 1.29 is 9.90 Å². The van der Waals surface area contributed by atoms with Crippen molar-refractivity contribution in [3.8, 4) is 0 Å². The molecule has 0 amide bonds. The fraction of sp³-hybridized carbons (Fsp3) is 0.333. The number of fused-ring (bicyclic) bond motifs is 1. The summed E-state index contributed by atoms with van der Waals surface area (Å²) in [5.74, 6) is -0.860. The average Bonchev–Trinajstić information content (AvgIpc) is 3.00. The van der Waals surface area contributed by atoms with Crippen molar-refractivity contribution in [2.75, 3.05) is 6.54 Å². The second kappa shape index (κ2) is 5.09. The normalized spacial score (nSPS) is 14.4. The zero-order valence-electron chi connectivity index (χ0n) is 11.4. The molecule has 1 aromatic carbocycles. The monoisotopic (exact) mass is 271 g/mol. The molecule has 5 nitrogen and oxygen atoms in total. The van der Waals surface area contributed by atoms with Crippen LogP contribution in [0.1, 0.15) is 27.2 Å². The van der Waals surface area contributed by atoms with E-state index in [1.165, 1.54) is 11.3 Å². The Balaban J connectivity index is 1.65. The summed E-state index contributed by atoms with van der Waals surface area (Å²) in [4.78, 5) is 13.3. The van der Waals surface area contributed by atoms with Gasteiger partial charge >= 0.3 is 5.97 Å². The molecule has 20 heavy (non-hydrogen) atoms. The number of nitrogens with zero attached hydrogens (tertiary/aromatic N) is 3. The number of hydrogen-bond acceptors (Lipinski definition) is 3. The average molecular weight is 271 g/mol. The first-order valence-electron chi connectivity index (χ1n) is 6.68. The molecule has 0 fully saturated rings. The number of carboxylic acids is 1. The van der Waals surface area contributed by atoms with Crippen LogP contribution in [0.4, 0.5) is 0 Å². The van der Waals surface area contributed by atoms with Crippen LogP contribution in [0.25, 0.3) is 0 Å². The molecule has 1 aliphatic rings. The first-order chi connectivity index (χ1) is 9.63. The van der Waals surface area contributed by atoms with Crippen LogP contribution in [0.5, 0.6) is 0 Å². The minimum Gasteiger partial charge on any atom is -0.478 e. The number of carbonyl (C=O) groups is 1. The van der Waals surface area contributed by atoms with Gasteiger partial charge in [-0.3, -0.25) is 9.58 Å². The molecule has 0 atom stereocenters. The maximum absolute atomic E-state index is 11.0. The quantitative estimate of drug-likeness (QED) is 0.919. The van der Waals surface area contributed by atoms with Gasteiger partial charge in [-0.2, -0.15) is 5.10 Å². The molecular weight excluding hydrogens is 254 g/mol. The molecule has 5 heteroatoms. The van der Waals surface area contributed by atoms with E-state index in [9.17, 15) is 4.79 Å². The van der Waals surface area contributed by atoms with E-state index in [-0.39, 0.29) is 0 Å². The van der Waals surface area contributed by atoms with E-state index in [0.29, 0.717) is 5.56 Å². The fourth-order valence-corrected chi connectivity index (χ4v) is 2.68. The smallest absolute Gasteiger partial charge is 0.335 e. The van der Waals surface area contributed by atoms with Crippen LogP contribution in [-0.2, 0) is 26.6 Å². The second-order valence-corrected chi connectivity index (χ2v) is 5.20. The van der Waals surface area contributed by atoms with E-state index in [4.69, 9.17) is 5.11 Å². The lowest BCUT2D eigenvalue weighted by atomic mass is 10.1. The summed E-state index contributed by atoms with van der Waals surface area (Å²) in [5.41, 5.74) is 3.96. The molecule has 0 bridgehead atoms. The van der Waals surface area contributed by atoms with Crippen molar-refractivity contribution in [1.29, 1.82) is 0 Å². The lowest BCUT2D eigenvalue weighted by molar-refractivity contribution is 0.0696. The summed E-state index contributed by atoms with van der Waals surface area (Å²) in [6, 6.07) is 7.45. The van der Waals surface area contributed by atoms with Gasteiger partial charge in [-0.05, 0) is 29.3 Å². The molecule has 0 aliphatic carbocycles. The summed E-state index contributed by atoms with van der Waals surface area (Å²) < 4.78 is 1.89. The Labute approximate surface area is 117 Å². The van der Waals surface area contributed by atoms with E-state index in [1.807, 2.05) is 30.1 Å². The standard InChI is InChI=1S/C15H17N3O2/c1-17-14(4-6-16-17)5-7-18-9-12-3-2-11(15(19)20)8-13(12)10-18/h2-4,6,8H,5,7,9-10H2,1H3,(H,19,20). The van der Waals surface area contributed by atoms with Gasteiger partial charge in [0.15, 0.2) is 0 Å². The van der Waals surface area contributed by atoms with Gasteiger partial charge in [0, 0.05) is 45.0 Å². The first-order valence-corrected chi connectivity index (χ1v) is 6.68. The van der Waals surface area contributed by atoms with Gasteiger partial charge in [0.1, 0.15) is 0 Å². The Kier molecular flexibility index (Phi) is 3.28. The van der Waals surface area contributed by atoms with Crippen LogP contribution in [0.3, 0.4) is 0 Å². The molecule has 0 unspecified atom stereocenters. The highest BCUT2D eigenvalue weighted by molar-refractivity contribution is 5.87. The van der Waals surface area contributed by atoms with Crippen LogP contribution in [0, 0.1) is 0 Å². The first kappa shape index (κ1) is 12.9. The molecule has 0 saturated heterocycles. The van der Waals surface area contributed by atoms with Gasteiger partial charge in [-0.15, -0.1) is 0 Å². The van der Waals surface area contributed by atoms with Crippen LogP contribution < -0.4 is 0 Å². The third kappa shape index (κ3) is 2.44. The van der Waals surface area contributed by atoms with Crippen LogP contribution in [-0.4, -0.2) is 32.3 Å². The number of aromatic nitrogens is 2. The highest BCUT2D eigenvalue weighted by Gasteiger charge is 2.20. The summed E-state index contributed by atoms with van der Waals surface area (Å²) in [7, 11) is 1.95. The third-order valence-corrected chi connectivity index (χ3v) is 3.85. The predicted octanol–water partition coefficient (Wildman–Crippen LogP) is 1.68. The van der Waals surface area contributed by atoms with Crippen molar-refractivity contribution >= 4 is 5.97 Å². The third-order valence-electron chi connectivity index (χ3n) is 3.85. The van der Waals surface area contributed by atoms with Crippen molar-refractivity contribution in [1.82, 2.24) is 14.7 Å². The Hall–Kier alpha value is -2.14. The second-order valence-electron chi connectivity index (χ2n) is 5.20. The van der Waals surface area contributed by atoms with E-state index in [2.05, 4.69) is 10.00 Å². The molecule has 0 saturated carbocycles. The molecule has 0 radical (unpaired) electrons. The topological polar surface area (TPSA) is 58.4 Å². The van der Waals surface area contributed by atoms with E-state index in [1.54, 1.807) is 12.1 Å². The lowest BCUT2D eigenvalue weighted by Crippen LogP contribution is -2.20. The SMILES string of the molecule is Cn1nccc1CCN1Cc2ccc(C(=O)O)cc2C1. The summed E-state index contributed by atoms with van der Waals surface area (Å²) >= 11 is 0. The number of aromatic carboxylic acids is 1. The Morgan fingerprint density at radius 3 is 2.80 bits per heavy atom. The number of hydrogen-bond donors (Lipinski definition) is 1. The van der Waals surface area contributed by atoms with E-state index < -0.39 is 5.97 Å². The number of carboxylic acid groups (broad SMARTS) is 1. The van der Waals surface area contributed by atoms with Crippen LogP contribution in [0.2, 0.25) is 0 Å². The summed E-state index contributed by atoms with van der Waals surface area (Å²) in [6.07, 6.45) is 2.77. The number of rotatable bonds is 4. The van der Waals surface area contributed by atoms with Crippen molar-refractivity contribution in [2.24, 2.45) is 7.05 Å². The highest BCUT2D eigenvalue weighted by atomic mass is 16.4. The number of aryl methyl sites for hydroxylation is 1. The van der Waals surface area contributed by atoms with Crippen LogP contribution in [0.15, 0.2) is 30.5 Å². The highest BCUT2D eigenvalue weighted by Crippen LogP contribution is 2.24. The van der Waals surface area contributed by atoms with Crippen LogP contribution >= 0.6 is 0 Å². The largest absolute Gasteiger partial charge is 0.478 e. The molecule has 2 aromatic rings. The molecule has 1 aromatic heterocycles. The van der Waals surface area contributed by atoms with Crippen molar-refractivity contribution in [3.05, 3.63) is 52.8 Å². The van der Waals surface area contributed by atoms with E-state index >= 15 is 0 Å². The maximum Gasteiger partial charge on any atom is 0.335 e. The summed E-state index contributed by atoms with van der Waals surface area (Å²) in [5, 5.41) is 13.2. The Bertz CT molecular complexity index is 648.